The molecule has 0 saturated heterocycles. The van der Waals surface area contributed by atoms with Crippen LogP contribution in [0.15, 0.2) is 24.3 Å². The third kappa shape index (κ3) is 37.2. The minimum atomic E-state index is -0.767. The van der Waals surface area contributed by atoms with Crippen LogP contribution < -0.4 is 0 Å². The topological polar surface area (TPSA) is 78.9 Å². The van der Waals surface area contributed by atoms with Gasteiger partial charge < -0.3 is 14.2 Å². The van der Waals surface area contributed by atoms with Gasteiger partial charge in [-0.05, 0) is 44.9 Å². The number of unbranched alkanes of at least 4 members (excludes halogenated alkanes) is 23. The summed E-state index contributed by atoms with van der Waals surface area (Å²) in [6, 6.07) is 0. The average Bonchev–Trinajstić information content (AvgIpc) is 3.11. The molecule has 0 aromatic rings. The first-order chi connectivity index (χ1) is 24.5. The van der Waals surface area contributed by atoms with E-state index in [0.717, 1.165) is 83.5 Å². The molecule has 6 nitrogen and oxygen atoms in total. The van der Waals surface area contributed by atoms with E-state index in [1.54, 1.807) is 0 Å². The van der Waals surface area contributed by atoms with Gasteiger partial charge in [0, 0.05) is 19.3 Å². The normalized spacial score (nSPS) is 12.1. The van der Waals surface area contributed by atoms with E-state index in [2.05, 4.69) is 45.1 Å². The molecule has 1 atom stereocenters. The molecule has 0 aromatic heterocycles. The first-order valence-electron chi connectivity index (χ1n) is 21.3. The molecule has 0 aromatic carbocycles. The van der Waals surface area contributed by atoms with Gasteiger partial charge in [0.15, 0.2) is 6.10 Å². The predicted molar refractivity (Wildman–Crippen MR) is 210 cm³/mol. The van der Waals surface area contributed by atoms with E-state index in [1.165, 1.54) is 96.3 Å². The molecule has 0 bridgehead atoms. The molecule has 0 N–H and O–H groups in total. The number of allylic oxidation sites excluding steroid dienone is 4. The van der Waals surface area contributed by atoms with Crippen molar-refractivity contribution in [3.63, 3.8) is 0 Å². The maximum absolute atomic E-state index is 12.6. The van der Waals surface area contributed by atoms with Crippen LogP contribution in [0.3, 0.4) is 0 Å². The van der Waals surface area contributed by atoms with Crippen molar-refractivity contribution in [3.05, 3.63) is 24.3 Å². The van der Waals surface area contributed by atoms with Crippen molar-refractivity contribution in [1.82, 2.24) is 0 Å². The summed E-state index contributed by atoms with van der Waals surface area (Å²) in [7, 11) is 0. The van der Waals surface area contributed by atoms with Crippen molar-refractivity contribution in [2.45, 2.75) is 226 Å². The van der Waals surface area contributed by atoms with E-state index in [4.69, 9.17) is 14.2 Å². The number of hydrogen-bond acceptors (Lipinski definition) is 6. The smallest absolute Gasteiger partial charge is 0.306 e. The van der Waals surface area contributed by atoms with Gasteiger partial charge in [-0.25, -0.2) is 0 Å². The van der Waals surface area contributed by atoms with Crippen LogP contribution in [-0.4, -0.2) is 37.2 Å². The van der Waals surface area contributed by atoms with Crippen LogP contribution in [0.5, 0.6) is 0 Å². The lowest BCUT2D eigenvalue weighted by atomic mass is 10.0. The largest absolute Gasteiger partial charge is 0.462 e. The Bertz CT molecular complexity index is 819. The van der Waals surface area contributed by atoms with Gasteiger partial charge in [0.1, 0.15) is 13.2 Å². The first-order valence-corrected chi connectivity index (χ1v) is 21.3. The van der Waals surface area contributed by atoms with E-state index < -0.39 is 6.10 Å². The predicted octanol–water partition coefficient (Wildman–Crippen LogP) is 13.2. The monoisotopic (exact) mass is 705 g/mol. The van der Waals surface area contributed by atoms with Gasteiger partial charge in [0.2, 0.25) is 0 Å². The Hall–Kier alpha value is -2.11. The number of carbonyl (C=O) groups excluding carboxylic acids is 3. The number of hydrogen-bond donors (Lipinski definition) is 0. The Morgan fingerprint density at radius 1 is 0.400 bits per heavy atom. The van der Waals surface area contributed by atoms with E-state index in [9.17, 15) is 14.4 Å². The van der Waals surface area contributed by atoms with Crippen LogP contribution in [0.2, 0.25) is 0 Å². The Morgan fingerprint density at radius 2 is 0.760 bits per heavy atom. The van der Waals surface area contributed by atoms with Gasteiger partial charge in [-0.1, -0.05) is 180 Å². The highest BCUT2D eigenvalue weighted by atomic mass is 16.6. The first kappa shape index (κ1) is 47.9. The molecule has 0 spiro atoms. The van der Waals surface area contributed by atoms with Crippen LogP contribution >= 0.6 is 0 Å². The summed E-state index contributed by atoms with van der Waals surface area (Å²) < 4.78 is 16.6. The molecule has 50 heavy (non-hydrogen) atoms. The molecule has 6 heteroatoms. The number of rotatable bonds is 38. The zero-order valence-electron chi connectivity index (χ0n) is 33.2. The molecule has 0 saturated carbocycles. The SMILES string of the molecule is CCC/C=C\C/C=C\CCCCCCCC(=O)OCC(COC(=O)CCCCCCCCC)OC(=O)CCCCCCCCCCCCCC. The van der Waals surface area contributed by atoms with Crippen molar-refractivity contribution in [3.8, 4) is 0 Å². The van der Waals surface area contributed by atoms with Crippen molar-refractivity contribution in [2.24, 2.45) is 0 Å². The Morgan fingerprint density at radius 3 is 1.18 bits per heavy atom. The van der Waals surface area contributed by atoms with Gasteiger partial charge in [0.25, 0.3) is 0 Å². The summed E-state index contributed by atoms with van der Waals surface area (Å²) >= 11 is 0. The average molecular weight is 705 g/mol. The van der Waals surface area contributed by atoms with Crippen molar-refractivity contribution < 1.29 is 28.6 Å². The molecule has 0 amide bonds. The van der Waals surface area contributed by atoms with Crippen molar-refractivity contribution in [1.29, 1.82) is 0 Å². The second-order valence-corrected chi connectivity index (χ2v) is 14.3. The van der Waals surface area contributed by atoms with Crippen LogP contribution in [0, 0.1) is 0 Å². The van der Waals surface area contributed by atoms with Crippen LogP contribution in [0.4, 0.5) is 0 Å². The molecule has 0 fully saturated rings. The van der Waals surface area contributed by atoms with E-state index in [0.29, 0.717) is 19.3 Å². The lowest BCUT2D eigenvalue weighted by molar-refractivity contribution is -0.167. The number of carbonyl (C=O) groups is 3. The fourth-order valence-electron chi connectivity index (χ4n) is 5.95. The second-order valence-electron chi connectivity index (χ2n) is 14.3. The van der Waals surface area contributed by atoms with Gasteiger partial charge in [-0.2, -0.15) is 0 Å². The molecular formula is C44H80O6. The highest BCUT2D eigenvalue weighted by Crippen LogP contribution is 2.14. The summed E-state index contributed by atoms with van der Waals surface area (Å²) in [5.41, 5.74) is 0. The molecule has 0 aliphatic heterocycles. The minimum absolute atomic E-state index is 0.0731. The van der Waals surface area contributed by atoms with Gasteiger partial charge in [0.05, 0.1) is 0 Å². The summed E-state index contributed by atoms with van der Waals surface area (Å²) in [4.78, 5) is 37.5. The van der Waals surface area contributed by atoms with Crippen molar-refractivity contribution >= 4 is 17.9 Å². The molecular weight excluding hydrogens is 624 g/mol. The molecule has 0 heterocycles. The van der Waals surface area contributed by atoms with Crippen LogP contribution in [-0.2, 0) is 28.6 Å². The summed E-state index contributed by atoms with van der Waals surface area (Å²) in [5, 5.41) is 0. The van der Waals surface area contributed by atoms with Gasteiger partial charge in [-0.15, -0.1) is 0 Å². The lowest BCUT2D eigenvalue weighted by Gasteiger charge is -2.18. The third-order valence-corrected chi connectivity index (χ3v) is 9.19. The van der Waals surface area contributed by atoms with E-state index in [-0.39, 0.29) is 31.1 Å². The fraction of sp³-hybridized carbons (Fsp3) is 0.841. The highest BCUT2D eigenvalue weighted by molar-refractivity contribution is 5.71. The second kappa shape index (κ2) is 39.7. The lowest BCUT2D eigenvalue weighted by Crippen LogP contribution is -2.30. The number of esters is 3. The maximum Gasteiger partial charge on any atom is 0.306 e. The molecule has 0 radical (unpaired) electrons. The van der Waals surface area contributed by atoms with Gasteiger partial charge >= 0.3 is 17.9 Å². The summed E-state index contributed by atoms with van der Waals surface area (Å²) in [6.07, 6.45) is 41.6. The zero-order chi connectivity index (χ0) is 36.6. The Labute approximate surface area is 309 Å². The van der Waals surface area contributed by atoms with Crippen molar-refractivity contribution in [2.75, 3.05) is 13.2 Å². The quantitative estimate of drug-likeness (QED) is 0.0275. The molecule has 1 unspecified atom stereocenters. The highest BCUT2D eigenvalue weighted by Gasteiger charge is 2.19. The molecule has 292 valence electrons. The van der Waals surface area contributed by atoms with Gasteiger partial charge in [-0.3, -0.25) is 14.4 Å². The summed E-state index contributed by atoms with van der Waals surface area (Å²) in [5.74, 6) is -0.893. The Kier molecular flexibility index (Phi) is 38.0. The zero-order valence-corrected chi connectivity index (χ0v) is 33.2. The maximum atomic E-state index is 12.6. The third-order valence-electron chi connectivity index (χ3n) is 9.19. The number of ether oxygens (including phenoxy) is 3. The van der Waals surface area contributed by atoms with E-state index in [1.807, 2.05) is 0 Å². The molecule has 0 rings (SSSR count). The standard InChI is InChI=1S/C44H80O6/c1-4-7-10-13-16-18-20-22-24-25-28-31-34-37-43(46)49-40-41(39-48-42(45)36-33-30-27-15-12-9-6-3)50-44(47)38-35-32-29-26-23-21-19-17-14-11-8-5-2/h10,13,18,20,41H,4-9,11-12,14-17,19,21-40H2,1-3H3/b13-10-,20-18-. The van der Waals surface area contributed by atoms with Crippen LogP contribution in [0.1, 0.15) is 220 Å². The van der Waals surface area contributed by atoms with E-state index >= 15 is 0 Å². The molecule has 0 aliphatic carbocycles. The summed E-state index contributed by atoms with van der Waals surface area (Å²) in [6.45, 7) is 6.51. The minimum Gasteiger partial charge on any atom is -0.462 e. The fourth-order valence-corrected chi connectivity index (χ4v) is 5.95. The molecule has 0 aliphatic rings. The Balaban J connectivity index is 4.33. The van der Waals surface area contributed by atoms with Crippen LogP contribution in [0.25, 0.3) is 0 Å².